The molecule has 0 saturated heterocycles. The summed E-state index contributed by atoms with van der Waals surface area (Å²) in [6.45, 7) is 9.88. The van der Waals surface area contributed by atoms with Crippen LogP contribution in [-0.2, 0) is 14.3 Å². The Morgan fingerprint density at radius 3 is 1.62 bits per heavy atom. The molecule has 0 radical (unpaired) electrons. The van der Waals surface area contributed by atoms with Crippen molar-refractivity contribution in [2.75, 3.05) is 0 Å². The van der Waals surface area contributed by atoms with Crippen LogP contribution in [0.1, 0.15) is 41.5 Å². The molecule has 0 bridgehead atoms. The van der Waals surface area contributed by atoms with Gasteiger partial charge in [0.2, 0.25) is 0 Å². The SMILES string of the molecule is CC(=O)C(C)(C)C(=O)OC(C)(C)C. The summed E-state index contributed by atoms with van der Waals surface area (Å²) in [5.41, 5.74) is -1.57. The highest BCUT2D eigenvalue weighted by Crippen LogP contribution is 2.22. The molecule has 0 saturated carbocycles. The standard InChI is InChI=1S/C10H18O3/c1-7(11)10(5,6)8(12)13-9(2,3)4/h1-6H3. The maximum absolute atomic E-state index is 11.5. The summed E-state index contributed by atoms with van der Waals surface area (Å²) in [7, 11) is 0. The van der Waals surface area contributed by atoms with Gasteiger partial charge in [0.15, 0.2) is 0 Å². The Hall–Kier alpha value is -0.860. The van der Waals surface area contributed by atoms with Crippen LogP contribution in [0.15, 0.2) is 0 Å². The average molecular weight is 186 g/mol. The van der Waals surface area contributed by atoms with E-state index in [-0.39, 0.29) is 5.78 Å². The number of esters is 1. The summed E-state index contributed by atoms with van der Waals surface area (Å²) in [5.74, 6) is -0.644. The molecule has 0 aromatic rings. The molecule has 0 aromatic carbocycles. The van der Waals surface area contributed by atoms with E-state index in [4.69, 9.17) is 4.74 Å². The highest BCUT2D eigenvalue weighted by molar-refractivity contribution is 6.01. The first-order chi connectivity index (χ1) is 5.57. The van der Waals surface area contributed by atoms with Gasteiger partial charge in [0.1, 0.15) is 16.8 Å². The third-order valence-corrected chi connectivity index (χ3v) is 1.79. The third kappa shape index (κ3) is 3.57. The average Bonchev–Trinajstić information content (AvgIpc) is 1.82. The van der Waals surface area contributed by atoms with Crippen LogP contribution >= 0.6 is 0 Å². The lowest BCUT2D eigenvalue weighted by Crippen LogP contribution is -2.38. The van der Waals surface area contributed by atoms with E-state index in [2.05, 4.69) is 0 Å². The molecule has 3 nitrogen and oxygen atoms in total. The minimum atomic E-state index is -1.03. The van der Waals surface area contributed by atoms with Crippen LogP contribution in [-0.4, -0.2) is 17.4 Å². The fourth-order valence-electron chi connectivity index (χ4n) is 0.549. The van der Waals surface area contributed by atoms with Gasteiger partial charge in [-0.3, -0.25) is 9.59 Å². The smallest absolute Gasteiger partial charge is 0.319 e. The van der Waals surface area contributed by atoms with Gasteiger partial charge in [-0.1, -0.05) is 0 Å². The number of Topliss-reactive ketones (excluding diaryl/α,β-unsaturated/α-hetero) is 1. The molecule has 0 heterocycles. The summed E-state index contributed by atoms with van der Waals surface area (Å²) in [5, 5.41) is 0. The van der Waals surface area contributed by atoms with Crippen molar-refractivity contribution in [1.82, 2.24) is 0 Å². The molecule has 0 rings (SSSR count). The van der Waals surface area contributed by atoms with Gasteiger partial charge in [0.05, 0.1) is 0 Å². The molecule has 0 aromatic heterocycles. The number of hydrogen-bond donors (Lipinski definition) is 0. The van der Waals surface area contributed by atoms with Crippen molar-refractivity contribution in [1.29, 1.82) is 0 Å². The zero-order valence-corrected chi connectivity index (χ0v) is 9.22. The fraction of sp³-hybridized carbons (Fsp3) is 0.800. The maximum atomic E-state index is 11.5. The molecule has 0 N–H and O–H groups in total. The number of carbonyl (C=O) groups is 2. The first-order valence-corrected chi connectivity index (χ1v) is 4.32. The molecule has 0 spiro atoms. The lowest BCUT2D eigenvalue weighted by molar-refractivity contribution is -0.167. The second-order valence-corrected chi connectivity index (χ2v) is 4.68. The van der Waals surface area contributed by atoms with Crippen molar-refractivity contribution in [3.8, 4) is 0 Å². The van der Waals surface area contributed by atoms with Crippen LogP contribution in [0.2, 0.25) is 0 Å². The van der Waals surface area contributed by atoms with Gasteiger partial charge in [-0.15, -0.1) is 0 Å². The van der Waals surface area contributed by atoms with E-state index in [1.54, 1.807) is 34.6 Å². The molecule has 0 amide bonds. The molecular formula is C10H18O3. The molecule has 76 valence electrons. The van der Waals surface area contributed by atoms with Gasteiger partial charge < -0.3 is 4.74 Å². The van der Waals surface area contributed by atoms with Crippen LogP contribution in [0.4, 0.5) is 0 Å². The number of ether oxygens (including phenoxy) is 1. The van der Waals surface area contributed by atoms with E-state index in [9.17, 15) is 9.59 Å². The van der Waals surface area contributed by atoms with Crippen molar-refractivity contribution in [3.05, 3.63) is 0 Å². The van der Waals surface area contributed by atoms with Crippen molar-refractivity contribution >= 4 is 11.8 Å². The summed E-state index contributed by atoms with van der Waals surface area (Å²) >= 11 is 0. The molecule has 13 heavy (non-hydrogen) atoms. The van der Waals surface area contributed by atoms with Crippen molar-refractivity contribution in [2.24, 2.45) is 5.41 Å². The highest BCUT2D eigenvalue weighted by atomic mass is 16.6. The van der Waals surface area contributed by atoms with Gasteiger partial charge >= 0.3 is 5.97 Å². The normalized spacial score (nSPS) is 12.5. The minimum absolute atomic E-state index is 0.179. The summed E-state index contributed by atoms with van der Waals surface area (Å²) in [6, 6.07) is 0. The van der Waals surface area contributed by atoms with Gasteiger partial charge in [0.25, 0.3) is 0 Å². The maximum Gasteiger partial charge on any atom is 0.319 e. The molecule has 0 aliphatic heterocycles. The third-order valence-electron chi connectivity index (χ3n) is 1.79. The lowest BCUT2D eigenvalue weighted by atomic mass is 9.89. The van der Waals surface area contributed by atoms with Crippen molar-refractivity contribution in [2.45, 2.75) is 47.1 Å². The Bertz CT molecular complexity index is 221. The highest BCUT2D eigenvalue weighted by Gasteiger charge is 2.36. The Balaban J connectivity index is 4.53. The van der Waals surface area contributed by atoms with E-state index < -0.39 is 17.0 Å². The molecule has 0 unspecified atom stereocenters. The first-order valence-electron chi connectivity index (χ1n) is 4.32. The predicted octanol–water partition coefficient (Wildman–Crippen LogP) is 1.94. The van der Waals surface area contributed by atoms with Crippen LogP contribution in [0.5, 0.6) is 0 Å². The minimum Gasteiger partial charge on any atom is -0.459 e. The molecule has 0 fully saturated rings. The van der Waals surface area contributed by atoms with Gasteiger partial charge in [-0.05, 0) is 41.5 Å². The lowest BCUT2D eigenvalue weighted by Gasteiger charge is -2.26. The number of hydrogen-bond acceptors (Lipinski definition) is 3. The zero-order valence-electron chi connectivity index (χ0n) is 9.22. The second-order valence-electron chi connectivity index (χ2n) is 4.68. The number of ketones is 1. The van der Waals surface area contributed by atoms with Crippen LogP contribution < -0.4 is 0 Å². The Kier molecular flexibility index (Phi) is 3.25. The summed E-state index contributed by atoms with van der Waals surface area (Å²) in [4.78, 5) is 22.6. The van der Waals surface area contributed by atoms with Crippen LogP contribution in [0.25, 0.3) is 0 Å². The molecule has 0 atom stereocenters. The molecule has 0 aliphatic rings. The van der Waals surface area contributed by atoms with E-state index in [1.165, 1.54) is 6.92 Å². The molecular weight excluding hydrogens is 168 g/mol. The molecule has 0 aliphatic carbocycles. The summed E-state index contributed by atoms with van der Waals surface area (Å²) in [6.07, 6.45) is 0. The van der Waals surface area contributed by atoms with Crippen LogP contribution in [0.3, 0.4) is 0 Å². The summed E-state index contributed by atoms with van der Waals surface area (Å²) < 4.78 is 5.10. The quantitative estimate of drug-likeness (QED) is 0.489. The monoisotopic (exact) mass is 186 g/mol. The van der Waals surface area contributed by atoms with E-state index in [0.29, 0.717) is 0 Å². The Labute approximate surface area is 79.5 Å². The van der Waals surface area contributed by atoms with E-state index >= 15 is 0 Å². The fourth-order valence-corrected chi connectivity index (χ4v) is 0.549. The van der Waals surface area contributed by atoms with Gasteiger partial charge in [-0.2, -0.15) is 0 Å². The predicted molar refractivity (Wildman–Crippen MR) is 50.3 cm³/mol. The topological polar surface area (TPSA) is 43.4 Å². The van der Waals surface area contributed by atoms with Crippen LogP contribution in [0, 0.1) is 5.41 Å². The number of rotatable bonds is 2. The number of carbonyl (C=O) groups excluding carboxylic acids is 2. The van der Waals surface area contributed by atoms with Gasteiger partial charge in [-0.25, -0.2) is 0 Å². The Morgan fingerprint density at radius 2 is 1.38 bits per heavy atom. The Morgan fingerprint density at radius 1 is 1.00 bits per heavy atom. The van der Waals surface area contributed by atoms with Crippen molar-refractivity contribution < 1.29 is 14.3 Å². The zero-order chi connectivity index (χ0) is 10.9. The largest absolute Gasteiger partial charge is 0.459 e. The van der Waals surface area contributed by atoms with Gasteiger partial charge in [0, 0.05) is 0 Å². The van der Waals surface area contributed by atoms with E-state index in [0.717, 1.165) is 0 Å². The first kappa shape index (κ1) is 12.1. The molecule has 3 heteroatoms. The second kappa shape index (κ2) is 3.48. The van der Waals surface area contributed by atoms with Crippen molar-refractivity contribution in [3.63, 3.8) is 0 Å². The van der Waals surface area contributed by atoms with E-state index in [1.807, 2.05) is 0 Å².